The first-order valence-electron chi connectivity index (χ1n) is 0. The second kappa shape index (κ2) is 42.3. The Labute approximate surface area is 98.4 Å². The number of hydrogen-bond acceptors (Lipinski definition) is 0. The van der Waals surface area contributed by atoms with Crippen molar-refractivity contribution < 1.29 is 0 Å². The molecule has 6 heavy (non-hydrogen) atoms. The fraction of sp³-hybridized carbons (Fsp3) is 0. The molecule has 0 aliphatic carbocycles. The van der Waals surface area contributed by atoms with Crippen LogP contribution in [0.25, 0.3) is 6.15 Å². The van der Waals surface area contributed by atoms with E-state index >= 15 is 0 Å². The van der Waals surface area contributed by atoms with Crippen LogP contribution in [0.3, 0.4) is 0 Å². The van der Waals surface area contributed by atoms with Gasteiger partial charge in [0.25, 0.3) is 0 Å². The summed E-state index contributed by atoms with van der Waals surface area (Å²) in [5.41, 5.74) is 0. The molecule has 0 aliphatic rings. The molecule has 0 aromatic heterocycles. The molecule has 30 valence electrons. The van der Waals surface area contributed by atoms with E-state index in [1.54, 1.807) is 0 Å². The summed E-state index contributed by atoms with van der Waals surface area (Å²) in [5.74, 6) is 0. The summed E-state index contributed by atoms with van der Waals surface area (Å²) in [4.78, 5) is 0. The van der Waals surface area contributed by atoms with Gasteiger partial charge in [0.1, 0.15) is 0 Å². The molecule has 0 N–H and O–H groups in total. The van der Waals surface area contributed by atoms with Crippen molar-refractivity contribution in [2.24, 2.45) is 0 Å². The minimum atomic E-state index is 0. The van der Waals surface area contributed by atoms with Gasteiger partial charge in [-0.2, -0.15) is 0 Å². The summed E-state index contributed by atoms with van der Waals surface area (Å²) in [6.07, 6.45) is 0. The predicted molar refractivity (Wildman–Crippen MR) is 41.7 cm³/mol. The molecule has 0 aromatic carbocycles. The molecule has 0 atom stereocenters. The summed E-state index contributed by atoms with van der Waals surface area (Å²) in [6.45, 7) is 0. The number of hydrogen-bond donors (Lipinski definition) is 0. The molecule has 0 fully saturated rings. The van der Waals surface area contributed by atoms with E-state index in [0.717, 1.165) is 0 Å². The summed E-state index contributed by atoms with van der Waals surface area (Å²) >= 11 is 0. The second-order valence-electron chi connectivity index (χ2n) is 0. The molecule has 1 nitrogen and oxygen atoms in total. The summed E-state index contributed by atoms with van der Waals surface area (Å²) < 4.78 is 0. The van der Waals surface area contributed by atoms with Crippen LogP contribution < -0.4 is 0 Å². The van der Waals surface area contributed by atoms with E-state index < -0.39 is 0 Å². The van der Waals surface area contributed by atoms with E-state index in [9.17, 15) is 0 Å². The zero-order chi connectivity index (χ0) is 0. The normalized spacial score (nSPS) is 0. The van der Waals surface area contributed by atoms with Crippen molar-refractivity contribution in [2.75, 3.05) is 0 Å². The van der Waals surface area contributed by atoms with Crippen molar-refractivity contribution in [1.82, 2.24) is 0 Å². The van der Waals surface area contributed by atoms with Crippen molar-refractivity contribution >= 4 is 93.7 Å². The van der Waals surface area contributed by atoms with Gasteiger partial charge in [-0.25, -0.2) is 0 Å². The molecule has 0 saturated heterocycles. The second-order valence-corrected chi connectivity index (χ2v) is 0. The maximum atomic E-state index is 0. The van der Waals surface area contributed by atoms with Gasteiger partial charge in [0.15, 0.2) is 0 Å². The molecule has 0 aliphatic heterocycles. The average Bonchev–Trinajstić information content (AvgIpc) is 0. The first-order chi connectivity index (χ1) is 0. The molecule has 0 radical (unpaired) electrons. The Bertz CT molecular complexity index is 10.8. The van der Waals surface area contributed by atoms with Crippen LogP contribution in [0.4, 0.5) is 0 Å². The van der Waals surface area contributed by atoms with Gasteiger partial charge >= 0.3 is 83.8 Å². The predicted octanol–water partition coefficient (Wildman–Crippen LogP) is -1.98. The van der Waals surface area contributed by atoms with E-state index in [-0.39, 0.29) is 99.8 Å². The van der Waals surface area contributed by atoms with Crippen LogP contribution >= 0.6 is 9.90 Å². The van der Waals surface area contributed by atoms with Gasteiger partial charge in [0, 0.05) is 0 Å². The third kappa shape index (κ3) is 27.4. The molecule has 0 amide bonds. The zero-order valence-electron chi connectivity index (χ0n) is 2.63. The van der Waals surface area contributed by atoms with Crippen LogP contribution in [0.15, 0.2) is 0 Å². The van der Waals surface area contributed by atoms with E-state index in [4.69, 9.17) is 0 Å². The van der Waals surface area contributed by atoms with Crippen molar-refractivity contribution in [3.05, 3.63) is 6.15 Å². The first kappa shape index (κ1) is 61.8. The summed E-state index contributed by atoms with van der Waals surface area (Å²) in [5, 5.41) is 0. The first-order valence-corrected chi connectivity index (χ1v) is 0. The number of nitrogens with zero attached hydrogens (tertiary/aromatic N) is 1. The Morgan fingerprint density at radius 3 is 0.667 bits per heavy atom. The van der Waals surface area contributed by atoms with Crippen LogP contribution in [0.1, 0.15) is 0 Å². The Balaban J connectivity index is 0. The topological polar surface area (TPSA) is 30.5 Å². The van der Waals surface area contributed by atoms with Gasteiger partial charge in [-0.3, -0.25) is 0 Å². The van der Waals surface area contributed by atoms with E-state index in [2.05, 4.69) is 0 Å². The van der Waals surface area contributed by atoms with Gasteiger partial charge in [0.05, 0.1) is 0 Å². The van der Waals surface area contributed by atoms with Crippen LogP contribution in [-0.4, -0.2) is 83.8 Å². The molecule has 0 rings (SSSR count). The maximum absolute atomic E-state index is 0. The summed E-state index contributed by atoms with van der Waals surface area (Å²) in [6, 6.07) is 0. The molecule has 0 heterocycles. The van der Waals surface area contributed by atoms with Crippen LogP contribution in [0.5, 0.6) is 0 Å². The third-order valence-electron chi connectivity index (χ3n) is 0. The SMILES string of the molecule is [Ga+3].[Ga+3].[Ga+3].[N-3].[P-3].[SbH6-3]. The Morgan fingerprint density at radius 1 is 0.667 bits per heavy atom. The molecular weight excluding hydrogens is 376 g/mol. The van der Waals surface area contributed by atoms with Crippen LogP contribution in [0, 0.1) is 0 Å². The van der Waals surface area contributed by atoms with Gasteiger partial charge in [-0.05, 0) is 0 Å². The van der Waals surface area contributed by atoms with Crippen molar-refractivity contribution in [3.8, 4) is 0 Å². The Hall–Kier alpha value is 3.12. The van der Waals surface area contributed by atoms with Gasteiger partial charge in [-0.15, -0.1) is 0 Å². The van der Waals surface area contributed by atoms with Gasteiger partial charge in [-0.1, -0.05) is 0 Å². The fourth-order valence-corrected chi connectivity index (χ4v) is 0. The Kier molecular flexibility index (Phi) is 436. The van der Waals surface area contributed by atoms with E-state index in [1.165, 1.54) is 0 Å². The zero-order valence-corrected chi connectivity index (χ0v) is 10.8. The average molecular weight is 382 g/mol. The third-order valence-corrected chi connectivity index (χ3v) is 0. The van der Waals surface area contributed by atoms with Crippen molar-refractivity contribution in [1.29, 1.82) is 0 Å². The molecular formula is H6Ga3NPSb. The van der Waals surface area contributed by atoms with Crippen molar-refractivity contribution in [2.45, 2.75) is 0 Å². The number of rotatable bonds is 0. The molecule has 0 aromatic rings. The molecule has 0 bridgehead atoms. The van der Waals surface area contributed by atoms with Gasteiger partial charge < -0.3 is 16.0 Å². The fourth-order valence-electron chi connectivity index (χ4n) is 0. The standard InChI is InChI=1S/3Ga.N.P.Sb.6H/q3*+3;3*-3;;;;;;. The summed E-state index contributed by atoms with van der Waals surface area (Å²) in [7, 11) is 0. The Morgan fingerprint density at radius 2 is 0.667 bits per heavy atom. The van der Waals surface area contributed by atoms with E-state index in [0.29, 0.717) is 0 Å². The van der Waals surface area contributed by atoms with Crippen molar-refractivity contribution in [3.63, 3.8) is 0 Å². The molecule has 6 heteroatoms. The minimum absolute atomic E-state index is 0. The van der Waals surface area contributed by atoms with Crippen LogP contribution in [0.2, 0.25) is 0 Å². The van der Waals surface area contributed by atoms with Crippen LogP contribution in [-0.2, 0) is 0 Å². The molecule has 0 spiro atoms. The van der Waals surface area contributed by atoms with E-state index in [1.807, 2.05) is 0 Å². The monoisotopic (exact) mass is 379 g/mol. The molecule has 0 unspecified atom stereocenters. The van der Waals surface area contributed by atoms with Gasteiger partial charge in [0.2, 0.25) is 0 Å². The molecule has 0 saturated carbocycles. The quantitative estimate of drug-likeness (QED) is 0.344.